The number of hydrogen-bond acceptors (Lipinski definition) is 4. The minimum Gasteiger partial charge on any atom is -0.383 e. The van der Waals surface area contributed by atoms with Gasteiger partial charge in [0.25, 0.3) is 0 Å². The number of ether oxygens (including phenoxy) is 1. The van der Waals surface area contributed by atoms with Gasteiger partial charge in [-0.25, -0.2) is 9.67 Å². The van der Waals surface area contributed by atoms with Crippen molar-refractivity contribution < 1.29 is 4.74 Å². The van der Waals surface area contributed by atoms with Gasteiger partial charge in [-0.2, -0.15) is 5.10 Å². The second kappa shape index (κ2) is 8.44. The molecule has 1 aromatic heterocycles. The maximum atomic E-state index is 6.02. The average molecular weight is 261 g/mol. The first kappa shape index (κ1) is 14.4. The number of aryl methyl sites for hydroxylation is 1. The largest absolute Gasteiger partial charge is 0.383 e. The number of nitrogens with zero attached hydrogens (tertiary/aromatic N) is 3. The molecule has 0 spiro atoms. The highest BCUT2D eigenvalue weighted by molar-refractivity contribution is 6.20. The van der Waals surface area contributed by atoms with Gasteiger partial charge in [-0.1, -0.05) is 6.92 Å². The lowest BCUT2D eigenvalue weighted by atomic mass is 10.3. The molecule has 0 aliphatic carbocycles. The van der Waals surface area contributed by atoms with Gasteiger partial charge in [-0.15, -0.1) is 11.6 Å². The molecule has 0 bridgehead atoms. The van der Waals surface area contributed by atoms with Crippen molar-refractivity contribution in [2.45, 2.75) is 38.2 Å². The summed E-state index contributed by atoms with van der Waals surface area (Å²) in [4.78, 5) is 4.22. The Morgan fingerprint density at radius 1 is 1.59 bits per heavy atom. The maximum Gasteiger partial charge on any atom is 0.140 e. The second-order valence-corrected chi connectivity index (χ2v) is 4.53. The minimum absolute atomic E-state index is 0.0704. The Morgan fingerprint density at radius 3 is 3.12 bits per heavy atom. The summed E-state index contributed by atoms with van der Waals surface area (Å²) in [5.74, 6) is 0.977. The van der Waals surface area contributed by atoms with Gasteiger partial charge < -0.3 is 10.1 Å². The van der Waals surface area contributed by atoms with Crippen molar-refractivity contribution in [3.8, 4) is 0 Å². The highest BCUT2D eigenvalue weighted by Crippen LogP contribution is 2.01. The van der Waals surface area contributed by atoms with E-state index in [2.05, 4.69) is 22.3 Å². The Labute approximate surface area is 108 Å². The zero-order chi connectivity index (χ0) is 12.5. The number of hydrogen-bond donors (Lipinski definition) is 1. The Hall–Kier alpha value is -0.650. The van der Waals surface area contributed by atoms with Crippen molar-refractivity contribution in [2.75, 3.05) is 20.3 Å². The fraction of sp³-hybridized carbons (Fsp3) is 0.818. The molecule has 0 aliphatic heterocycles. The molecule has 1 rings (SSSR count). The molecule has 1 N–H and O–H groups in total. The van der Waals surface area contributed by atoms with E-state index < -0.39 is 0 Å². The van der Waals surface area contributed by atoms with Gasteiger partial charge in [0.1, 0.15) is 12.2 Å². The third kappa shape index (κ3) is 5.48. The normalized spacial score (nSPS) is 12.9. The van der Waals surface area contributed by atoms with Gasteiger partial charge in [0.15, 0.2) is 0 Å². The zero-order valence-electron chi connectivity index (χ0n) is 10.5. The molecule has 0 aliphatic rings. The molecular formula is C11H21ClN4O. The Bertz CT molecular complexity index is 305. The minimum atomic E-state index is 0.0704. The van der Waals surface area contributed by atoms with Crippen molar-refractivity contribution >= 4 is 11.6 Å². The molecule has 0 aromatic carbocycles. The van der Waals surface area contributed by atoms with E-state index in [1.54, 1.807) is 13.4 Å². The quantitative estimate of drug-likeness (QED) is 0.539. The number of nitrogens with one attached hydrogen (secondary N) is 1. The van der Waals surface area contributed by atoms with Crippen molar-refractivity contribution in [1.29, 1.82) is 0 Å². The van der Waals surface area contributed by atoms with E-state index in [4.69, 9.17) is 16.3 Å². The van der Waals surface area contributed by atoms with Crippen molar-refractivity contribution in [3.05, 3.63) is 12.2 Å². The zero-order valence-corrected chi connectivity index (χ0v) is 11.3. The van der Waals surface area contributed by atoms with Crippen molar-refractivity contribution in [2.24, 2.45) is 0 Å². The molecule has 17 heavy (non-hydrogen) atoms. The maximum absolute atomic E-state index is 6.02. The Morgan fingerprint density at radius 2 is 2.41 bits per heavy atom. The van der Waals surface area contributed by atoms with Crippen LogP contribution < -0.4 is 5.32 Å². The van der Waals surface area contributed by atoms with Crippen LogP contribution in [-0.4, -0.2) is 40.4 Å². The van der Waals surface area contributed by atoms with E-state index in [1.165, 1.54) is 0 Å². The molecular weight excluding hydrogens is 240 g/mol. The number of aromatic nitrogens is 3. The van der Waals surface area contributed by atoms with Crippen LogP contribution in [0.5, 0.6) is 0 Å². The van der Waals surface area contributed by atoms with Crippen LogP contribution in [0.3, 0.4) is 0 Å². The third-order valence-electron chi connectivity index (χ3n) is 2.40. The SMILES string of the molecule is CCCn1ncnc1CNCCC(Cl)COC. The van der Waals surface area contributed by atoms with Crippen LogP contribution in [0.15, 0.2) is 6.33 Å². The summed E-state index contributed by atoms with van der Waals surface area (Å²) in [6.45, 7) is 5.23. The van der Waals surface area contributed by atoms with E-state index in [0.717, 1.165) is 38.3 Å². The van der Waals surface area contributed by atoms with Crippen LogP contribution >= 0.6 is 11.6 Å². The lowest BCUT2D eigenvalue weighted by Gasteiger charge is -2.09. The van der Waals surface area contributed by atoms with Gasteiger partial charge in [0.2, 0.25) is 0 Å². The van der Waals surface area contributed by atoms with Crippen LogP contribution in [0.25, 0.3) is 0 Å². The molecule has 0 saturated heterocycles. The standard InChI is InChI=1S/C11H21ClN4O/c1-3-6-16-11(14-9-15-16)7-13-5-4-10(12)8-17-2/h9-10,13H,3-8H2,1-2H3. The molecule has 1 heterocycles. The topological polar surface area (TPSA) is 52.0 Å². The van der Waals surface area contributed by atoms with E-state index >= 15 is 0 Å². The first-order valence-electron chi connectivity index (χ1n) is 5.98. The summed E-state index contributed by atoms with van der Waals surface area (Å²) in [5.41, 5.74) is 0. The van der Waals surface area contributed by atoms with Gasteiger partial charge in [0, 0.05) is 13.7 Å². The molecule has 0 amide bonds. The predicted octanol–water partition coefficient (Wildman–Crippen LogP) is 1.42. The van der Waals surface area contributed by atoms with Gasteiger partial charge in [-0.05, 0) is 19.4 Å². The summed E-state index contributed by atoms with van der Waals surface area (Å²) in [6.07, 6.45) is 3.55. The number of rotatable bonds is 9. The second-order valence-electron chi connectivity index (χ2n) is 3.92. The number of halogens is 1. The molecule has 1 aromatic rings. The monoisotopic (exact) mass is 260 g/mol. The summed E-state index contributed by atoms with van der Waals surface area (Å²) >= 11 is 6.02. The van der Waals surface area contributed by atoms with Gasteiger partial charge in [-0.3, -0.25) is 0 Å². The summed E-state index contributed by atoms with van der Waals surface area (Å²) < 4.78 is 6.90. The van der Waals surface area contributed by atoms with Crippen LogP contribution in [-0.2, 0) is 17.8 Å². The van der Waals surface area contributed by atoms with Crippen LogP contribution in [0.4, 0.5) is 0 Å². The first-order chi connectivity index (χ1) is 8.27. The molecule has 1 unspecified atom stereocenters. The molecule has 98 valence electrons. The summed E-state index contributed by atoms with van der Waals surface area (Å²) in [6, 6.07) is 0. The Balaban J connectivity index is 2.19. The lowest BCUT2D eigenvalue weighted by molar-refractivity contribution is 0.195. The lowest BCUT2D eigenvalue weighted by Crippen LogP contribution is -2.22. The number of methoxy groups -OCH3 is 1. The third-order valence-corrected chi connectivity index (χ3v) is 2.74. The molecule has 6 heteroatoms. The fourth-order valence-electron chi connectivity index (χ4n) is 1.55. The average Bonchev–Trinajstić information content (AvgIpc) is 2.73. The van der Waals surface area contributed by atoms with E-state index in [0.29, 0.717) is 6.61 Å². The Kier molecular flexibility index (Phi) is 7.16. The number of alkyl halides is 1. The van der Waals surface area contributed by atoms with E-state index in [-0.39, 0.29) is 5.38 Å². The molecule has 1 atom stereocenters. The molecule has 0 fully saturated rings. The summed E-state index contributed by atoms with van der Waals surface area (Å²) in [5, 5.41) is 7.55. The van der Waals surface area contributed by atoms with Gasteiger partial charge >= 0.3 is 0 Å². The highest BCUT2D eigenvalue weighted by Gasteiger charge is 2.05. The van der Waals surface area contributed by atoms with E-state index in [1.807, 2.05) is 4.68 Å². The smallest absolute Gasteiger partial charge is 0.140 e. The fourth-order valence-corrected chi connectivity index (χ4v) is 1.78. The van der Waals surface area contributed by atoms with Gasteiger partial charge in [0.05, 0.1) is 18.5 Å². The van der Waals surface area contributed by atoms with Crippen molar-refractivity contribution in [1.82, 2.24) is 20.1 Å². The van der Waals surface area contributed by atoms with Crippen LogP contribution in [0, 0.1) is 0 Å². The van der Waals surface area contributed by atoms with Crippen LogP contribution in [0.2, 0.25) is 0 Å². The van der Waals surface area contributed by atoms with Crippen LogP contribution in [0.1, 0.15) is 25.6 Å². The highest BCUT2D eigenvalue weighted by atomic mass is 35.5. The molecule has 0 saturated carbocycles. The molecule has 5 nitrogen and oxygen atoms in total. The first-order valence-corrected chi connectivity index (χ1v) is 6.42. The molecule has 0 radical (unpaired) electrons. The van der Waals surface area contributed by atoms with Crippen molar-refractivity contribution in [3.63, 3.8) is 0 Å². The van der Waals surface area contributed by atoms with E-state index in [9.17, 15) is 0 Å². The predicted molar refractivity (Wildman–Crippen MR) is 68.2 cm³/mol. The summed E-state index contributed by atoms with van der Waals surface area (Å²) in [7, 11) is 1.66.